The molecule has 11 nitrogen and oxygen atoms in total. The van der Waals surface area contributed by atoms with Gasteiger partial charge in [0.1, 0.15) is 33.6 Å². The molecule has 4 aliphatic rings. The van der Waals surface area contributed by atoms with Crippen molar-refractivity contribution >= 4 is 32.7 Å². The maximum atomic E-state index is 13.8. The standard InChI is InChI=1S/C28H35F3N6O5S2/c1-16-22(42-25(30)31)27(15-41-16)8-10-36(11-9-27)18-12-17(44(38,39)35-26(2)4-5-26)14-37-20(24-34-33-19(13-29)43-24)21(32-23(18)37)28(40-3)6-7-28/h12,14,16,22,25,35H,4-11,13,15H2,1-3H3/t16-,22?/m0/s1. The molecule has 2 atom stereocenters. The van der Waals surface area contributed by atoms with Crippen LogP contribution in [0.3, 0.4) is 0 Å². The van der Waals surface area contributed by atoms with E-state index in [4.69, 9.17) is 19.2 Å². The zero-order chi connectivity index (χ0) is 31.1. The normalized spacial score (nSPS) is 25.4. The predicted octanol–water partition coefficient (Wildman–Crippen LogP) is 4.40. The average Bonchev–Trinajstić information content (AvgIpc) is 3.79. The van der Waals surface area contributed by atoms with Crippen molar-refractivity contribution in [2.24, 2.45) is 5.41 Å². The van der Waals surface area contributed by atoms with Gasteiger partial charge in [-0.05, 0) is 58.4 Å². The van der Waals surface area contributed by atoms with Gasteiger partial charge < -0.3 is 19.1 Å². The summed E-state index contributed by atoms with van der Waals surface area (Å²) < 4.78 is 89.0. The highest BCUT2D eigenvalue weighted by molar-refractivity contribution is 7.89. The number of halogens is 3. The SMILES string of the molecule is COC1(c2nc3c(N4CCC5(CC4)CO[C@@H](C)C5OC(F)F)cc(S(=O)(=O)NC4(C)CC4)cn3c2-c2nnc(CF)s2)CC1. The van der Waals surface area contributed by atoms with Crippen LogP contribution in [0.4, 0.5) is 18.9 Å². The van der Waals surface area contributed by atoms with Crippen LogP contribution in [0.5, 0.6) is 0 Å². The van der Waals surface area contributed by atoms with E-state index >= 15 is 0 Å². The van der Waals surface area contributed by atoms with Crippen LogP contribution in [-0.2, 0) is 36.5 Å². The fourth-order valence-corrected chi connectivity index (χ4v) is 8.90. The van der Waals surface area contributed by atoms with Crippen LogP contribution in [-0.4, -0.2) is 79.2 Å². The van der Waals surface area contributed by atoms with Crippen molar-refractivity contribution in [2.45, 2.75) is 93.9 Å². The third-order valence-corrected chi connectivity index (χ3v) is 12.2. The third kappa shape index (κ3) is 5.11. The minimum absolute atomic E-state index is 0.0489. The van der Waals surface area contributed by atoms with Gasteiger partial charge in [-0.1, -0.05) is 11.3 Å². The van der Waals surface area contributed by atoms with Crippen LogP contribution >= 0.6 is 11.3 Å². The van der Waals surface area contributed by atoms with Crippen LogP contribution < -0.4 is 9.62 Å². The molecule has 7 rings (SSSR count). The van der Waals surface area contributed by atoms with E-state index in [0.717, 1.165) is 24.2 Å². The van der Waals surface area contributed by atoms with Crippen molar-refractivity contribution in [1.82, 2.24) is 24.3 Å². The number of fused-ring (bicyclic) bond motifs is 1. The summed E-state index contributed by atoms with van der Waals surface area (Å²) in [6, 6.07) is 1.63. The molecule has 240 valence electrons. The molecule has 44 heavy (non-hydrogen) atoms. The molecule has 1 spiro atoms. The van der Waals surface area contributed by atoms with Gasteiger partial charge in [0, 0.05) is 37.4 Å². The Labute approximate surface area is 257 Å². The smallest absolute Gasteiger partial charge is 0.345 e. The molecule has 0 radical (unpaired) electrons. The van der Waals surface area contributed by atoms with Gasteiger partial charge in [0.2, 0.25) is 10.0 Å². The van der Waals surface area contributed by atoms with Crippen LogP contribution in [0.1, 0.15) is 63.1 Å². The number of nitrogens with zero attached hydrogens (tertiary/aromatic N) is 5. The summed E-state index contributed by atoms with van der Waals surface area (Å²) in [7, 11) is -2.34. The first-order chi connectivity index (χ1) is 20.9. The number of hydrogen-bond donors (Lipinski definition) is 1. The van der Waals surface area contributed by atoms with E-state index in [9.17, 15) is 21.6 Å². The highest BCUT2D eigenvalue weighted by Gasteiger charge is 2.52. The Balaban J connectivity index is 1.35. The predicted molar refractivity (Wildman–Crippen MR) is 155 cm³/mol. The lowest BCUT2D eigenvalue weighted by Crippen LogP contribution is -2.48. The molecule has 16 heteroatoms. The Kier molecular flexibility index (Phi) is 7.29. The number of aromatic nitrogens is 4. The van der Waals surface area contributed by atoms with Crippen molar-refractivity contribution in [1.29, 1.82) is 0 Å². The second kappa shape index (κ2) is 10.6. The summed E-state index contributed by atoms with van der Waals surface area (Å²) in [4.78, 5) is 7.14. The van der Waals surface area contributed by atoms with E-state index in [1.165, 1.54) is 6.20 Å². The molecule has 0 aromatic carbocycles. The number of imidazole rings is 1. The van der Waals surface area contributed by atoms with Crippen LogP contribution in [0, 0.1) is 5.41 Å². The number of alkyl halides is 3. The minimum atomic E-state index is -3.95. The molecule has 2 saturated heterocycles. The molecule has 2 aliphatic heterocycles. The number of ether oxygens (including phenoxy) is 3. The van der Waals surface area contributed by atoms with Gasteiger partial charge in [0.15, 0.2) is 10.7 Å². The number of pyridine rings is 1. The molecule has 0 amide bonds. The number of piperidine rings is 1. The van der Waals surface area contributed by atoms with Crippen molar-refractivity contribution in [3.05, 3.63) is 23.0 Å². The van der Waals surface area contributed by atoms with Gasteiger partial charge >= 0.3 is 6.61 Å². The molecule has 0 bridgehead atoms. The van der Waals surface area contributed by atoms with Gasteiger partial charge in [0.25, 0.3) is 0 Å². The lowest BCUT2D eigenvalue weighted by atomic mass is 9.74. The second-order valence-electron chi connectivity index (χ2n) is 12.7. The maximum absolute atomic E-state index is 13.8. The van der Waals surface area contributed by atoms with E-state index in [2.05, 4.69) is 14.9 Å². The Bertz CT molecular complexity index is 1680. The first kappa shape index (κ1) is 30.3. The van der Waals surface area contributed by atoms with E-state index in [0.29, 0.717) is 73.1 Å². The lowest BCUT2D eigenvalue weighted by molar-refractivity contribution is -0.195. The van der Waals surface area contributed by atoms with Gasteiger partial charge in [-0.15, -0.1) is 10.2 Å². The molecule has 3 aromatic heterocycles. The van der Waals surface area contributed by atoms with Gasteiger partial charge in [0.05, 0.1) is 24.5 Å². The average molecular weight is 657 g/mol. The van der Waals surface area contributed by atoms with E-state index < -0.39 is 52.1 Å². The molecule has 2 aliphatic carbocycles. The molecule has 5 heterocycles. The Morgan fingerprint density at radius 1 is 1.18 bits per heavy atom. The van der Waals surface area contributed by atoms with E-state index in [1.54, 1.807) is 24.5 Å². The van der Waals surface area contributed by atoms with Crippen LogP contribution in [0.25, 0.3) is 16.3 Å². The number of methoxy groups -OCH3 is 1. The van der Waals surface area contributed by atoms with Crippen LogP contribution in [0.15, 0.2) is 17.2 Å². The molecule has 4 fully saturated rings. The quantitative estimate of drug-likeness (QED) is 0.339. The lowest BCUT2D eigenvalue weighted by Gasteiger charge is -2.42. The van der Waals surface area contributed by atoms with Crippen molar-refractivity contribution in [2.75, 3.05) is 31.7 Å². The molecule has 2 saturated carbocycles. The van der Waals surface area contributed by atoms with Gasteiger partial charge in [-0.3, -0.25) is 4.40 Å². The van der Waals surface area contributed by atoms with Crippen molar-refractivity contribution in [3.8, 4) is 10.7 Å². The monoisotopic (exact) mass is 656 g/mol. The Morgan fingerprint density at radius 3 is 2.50 bits per heavy atom. The summed E-state index contributed by atoms with van der Waals surface area (Å²) in [5, 5.41) is 8.84. The first-order valence-corrected chi connectivity index (χ1v) is 17.1. The fraction of sp³-hybridized carbons (Fsp3) is 0.679. The molecule has 3 aromatic rings. The summed E-state index contributed by atoms with van der Waals surface area (Å²) in [5.74, 6) is 0. The first-order valence-electron chi connectivity index (χ1n) is 14.8. The number of hydrogen-bond acceptors (Lipinski definition) is 10. The van der Waals surface area contributed by atoms with Gasteiger partial charge in [-0.2, -0.15) is 8.78 Å². The highest BCUT2D eigenvalue weighted by Crippen LogP contribution is 2.53. The second-order valence-corrected chi connectivity index (χ2v) is 15.5. The molecule has 1 unspecified atom stereocenters. The van der Waals surface area contributed by atoms with Crippen LogP contribution in [0.2, 0.25) is 0 Å². The van der Waals surface area contributed by atoms with Gasteiger partial charge in [-0.25, -0.2) is 22.5 Å². The van der Waals surface area contributed by atoms with E-state index in [1.807, 2.05) is 11.8 Å². The number of rotatable bonds is 10. The minimum Gasteiger partial charge on any atom is -0.375 e. The number of sulfonamides is 1. The Morgan fingerprint density at radius 2 is 1.91 bits per heavy atom. The van der Waals surface area contributed by atoms with E-state index in [-0.39, 0.29) is 9.90 Å². The summed E-state index contributed by atoms with van der Waals surface area (Å²) in [5.41, 5.74) is 0.430. The zero-order valence-corrected chi connectivity index (χ0v) is 26.3. The molecular weight excluding hydrogens is 621 g/mol. The number of anilines is 1. The number of nitrogens with one attached hydrogen (secondary N) is 1. The maximum Gasteiger partial charge on any atom is 0.345 e. The highest BCUT2D eigenvalue weighted by atomic mass is 32.2. The third-order valence-electron chi connectivity index (χ3n) is 9.69. The summed E-state index contributed by atoms with van der Waals surface area (Å²) in [6.45, 7) is 1.14. The van der Waals surface area contributed by atoms with Crippen molar-refractivity contribution in [3.63, 3.8) is 0 Å². The van der Waals surface area contributed by atoms with Crippen molar-refractivity contribution < 1.29 is 35.8 Å². The summed E-state index contributed by atoms with van der Waals surface area (Å²) >= 11 is 1.09. The molecular formula is C28H35F3N6O5S2. The molecule has 1 N–H and O–H groups in total. The zero-order valence-electron chi connectivity index (χ0n) is 24.7. The largest absolute Gasteiger partial charge is 0.375 e. The summed E-state index contributed by atoms with van der Waals surface area (Å²) in [6.07, 6.45) is 4.25. The topological polar surface area (TPSA) is 120 Å². The Hall–Kier alpha value is -2.37. The fourth-order valence-electron chi connectivity index (χ4n) is 6.68.